The highest BCUT2D eigenvalue weighted by Crippen LogP contribution is 2.33. The summed E-state index contributed by atoms with van der Waals surface area (Å²) in [7, 11) is 3.30. The number of hydrogen-bond acceptors (Lipinski definition) is 5. The zero-order valence-electron chi connectivity index (χ0n) is 16.6. The molecule has 1 aliphatic heterocycles. The van der Waals surface area contributed by atoms with Gasteiger partial charge in [0.05, 0.1) is 27.4 Å². The molecular weight excluding hydrogens is 356 g/mol. The molecule has 1 heterocycles. The number of fused-ring (bicyclic) bond motifs is 1. The summed E-state index contributed by atoms with van der Waals surface area (Å²) in [6.45, 7) is 3.09. The monoisotopic (exact) mass is 384 g/mol. The number of carbonyl (C=O) groups excluding carboxylic acids is 1. The van der Waals surface area contributed by atoms with Gasteiger partial charge in [-0.15, -0.1) is 0 Å². The van der Waals surface area contributed by atoms with Crippen LogP contribution in [-0.2, 0) is 17.8 Å². The summed E-state index contributed by atoms with van der Waals surface area (Å²) < 4.78 is 16.4. The molecule has 0 saturated carbocycles. The molecule has 0 aromatic heterocycles. The van der Waals surface area contributed by atoms with E-state index in [1.165, 1.54) is 5.56 Å². The van der Waals surface area contributed by atoms with E-state index in [4.69, 9.17) is 14.2 Å². The molecule has 1 amide bonds. The smallest absolute Gasteiger partial charge is 0.234 e. The van der Waals surface area contributed by atoms with Gasteiger partial charge >= 0.3 is 0 Å². The number of nitrogens with zero attached hydrogens (tertiary/aromatic N) is 1. The first-order valence-electron chi connectivity index (χ1n) is 9.60. The van der Waals surface area contributed by atoms with Crippen LogP contribution in [0.4, 0.5) is 0 Å². The molecule has 28 heavy (non-hydrogen) atoms. The molecule has 2 aromatic rings. The molecule has 0 atom stereocenters. The van der Waals surface area contributed by atoms with E-state index >= 15 is 0 Å². The van der Waals surface area contributed by atoms with E-state index in [-0.39, 0.29) is 5.91 Å². The lowest BCUT2D eigenvalue weighted by Crippen LogP contribution is -2.39. The average molecular weight is 384 g/mol. The summed E-state index contributed by atoms with van der Waals surface area (Å²) >= 11 is 0. The van der Waals surface area contributed by atoms with Crippen LogP contribution < -0.4 is 19.5 Å². The molecular formula is C22H28N2O4. The first-order chi connectivity index (χ1) is 13.7. The second-order valence-corrected chi connectivity index (χ2v) is 6.81. The Morgan fingerprint density at radius 2 is 1.96 bits per heavy atom. The van der Waals surface area contributed by atoms with Crippen LogP contribution in [0.2, 0.25) is 0 Å². The molecule has 150 valence electrons. The van der Waals surface area contributed by atoms with Gasteiger partial charge in [0.1, 0.15) is 5.75 Å². The van der Waals surface area contributed by atoms with Crippen LogP contribution in [0.25, 0.3) is 0 Å². The molecule has 0 bridgehead atoms. The predicted molar refractivity (Wildman–Crippen MR) is 108 cm³/mol. The Bertz CT molecular complexity index is 777. The van der Waals surface area contributed by atoms with E-state index in [0.717, 1.165) is 42.2 Å². The molecule has 6 nitrogen and oxygen atoms in total. The van der Waals surface area contributed by atoms with Gasteiger partial charge in [-0.2, -0.15) is 0 Å². The number of nitrogens with one attached hydrogen (secondary N) is 1. The maximum Gasteiger partial charge on any atom is 0.234 e. The highest BCUT2D eigenvalue weighted by molar-refractivity contribution is 5.78. The number of methoxy groups -OCH3 is 2. The maximum atomic E-state index is 12.4. The van der Waals surface area contributed by atoms with Crippen LogP contribution in [0.15, 0.2) is 42.5 Å². The number of amides is 1. The van der Waals surface area contributed by atoms with E-state index in [0.29, 0.717) is 26.2 Å². The summed E-state index contributed by atoms with van der Waals surface area (Å²) in [6.07, 6.45) is 1.67. The highest BCUT2D eigenvalue weighted by Gasteiger charge is 2.18. The van der Waals surface area contributed by atoms with Crippen molar-refractivity contribution in [1.82, 2.24) is 10.2 Å². The van der Waals surface area contributed by atoms with E-state index < -0.39 is 0 Å². The van der Waals surface area contributed by atoms with Crippen LogP contribution in [0, 0.1) is 0 Å². The summed E-state index contributed by atoms with van der Waals surface area (Å²) in [5, 5.41) is 3.02. The van der Waals surface area contributed by atoms with Crippen molar-refractivity contribution in [2.45, 2.75) is 19.4 Å². The number of hydrogen-bond donors (Lipinski definition) is 1. The fourth-order valence-corrected chi connectivity index (χ4v) is 3.33. The van der Waals surface area contributed by atoms with Gasteiger partial charge in [0.25, 0.3) is 0 Å². The average Bonchev–Trinajstić information content (AvgIpc) is 2.70. The van der Waals surface area contributed by atoms with Crippen LogP contribution in [0.5, 0.6) is 17.2 Å². The third-order valence-corrected chi connectivity index (χ3v) is 4.80. The predicted octanol–water partition coefficient (Wildman–Crippen LogP) is 2.65. The van der Waals surface area contributed by atoms with Gasteiger partial charge < -0.3 is 19.5 Å². The number of para-hydroxylation sites is 1. The summed E-state index contributed by atoms with van der Waals surface area (Å²) in [5.41, 5.74) is 2.22. The molecule has 0 radical (unpaired) electrons. The Morgan fingerprint density at radius 3 is 2.71 bits per heavy atom. The molecule has 6 heteroatoms. The first-order valence-corrected chi connectivity index (χ1v) is 9.60. The lowest BCUT2D eigenvalue weighted by atomic mass is 10.1. The molecule has 0 aliphatic carbocycles. The quantitative estimate of drug-likeness (QED) is 0.795. The minimum Gasteiger partial charge on any atom is -0.497 e. The van der Waals surface area contributed by atoms with E-state index in [9.17, 15) is 4.79 Å². The molecule has 0 fully saturated rings. The lowest BCUT2D eigenvalue weighted by molar-refractivity contribution is -0.122. The molecule has 0 unspecified atom stereocenters. The topological polar surface area (TPSA) is 60.0 Å². The van der Waals surface area contributed by atoms with Crippen LogP contribution >= 0.6 is 0 Å². The molecule has 3 rings (SSSR count). The van der Waals surface area contributed by atoms with Crippen molar-refractivity contribution in [1.29, 1.82) is 0 Å². The minimum absolute atomic E-state index is 0.0412. The molecule has 1 aliphatic rings. The fourth-order valence-electron chi connectivity index (χ4n) is 3.33. The van der Waals surface area contributed by atoms with Crippen molar-refractivity contribution >= 4 is 5.91 Å². The Kier molecular flexibility index (Phi) is 7.14. The second-order valence-electron chi connectivity index (χ2n) is 6.81. The van der Waals surface area contributed by atoms with E-state index in [1.54, 1.807) is 14.2 Å². The van der Waals surface area contributed by atoms with Gasteiger partial charge in [-0.1, -0.05) is 24.3 Å². The number of carbonyl (C=O) groups is 1. The van der Waals surface area contributed by atoms with Crippen molar-refractivity contribution in [3.05, 3.63) is 53.6 Å². The molecule has 2 aromatic carbocycles. The molecule has 0 saturated heterocycles. The first kappa shape index (κ1) is 20.0. The van der Waals surface area contributed by atoms with Gasteiger partial charge in [0.15, 0.2) is 11.5 Å². The van der Waals surface area contributed by atoms with E-state index in [2.05, 4.69) is 10.2 Å². The molecule has 0 spiro atoms. The summed E-state index contributed by atoms with van der Waals surface area (Å²) in [6, 6.07) is 13.8. The number of rotatable bonds is 7. The maximum absolute atomic E-state index is 12.4. The van der Waals surface area contributed by atoms with Gasteiger partial charge in [0, 0.05) is 25.2 Å². The SMILES string of the molecule is COc1ccc(CCNC(=O)CN2CCCOc3c(cccc3OC)C2)cc1. The minimum atomic E-state index is 0.0412. The summed E-state index contributed by atoms with van der Waals surface area (Å²) in [4.78, 5) is 14.6. The zero-order chi connectivity index (χ0) is 19.8. The van der Waals surface area contributed by atoms with Crippen molar-refractivity contribution in [2.24, 2.45) is 0 Å². The summed E-state index contributed by atoms with van der Waals surface area (Å²) in [5.74, 6) is 2.41. The van der Waals surface area contributed by atoms with Crippen molar-refractivity contribution in [3.8, 4) is 17.2 Å². The van der Waals surface area contributed by atoms with Crippen molar-refractivity contribution in [3.63, 3.8) is 0 Å². The lowest BCUT2D eigenvalue weighted by Gasteiger charge is -2.26. The normalized spacial score (nSPS) is 14.2. The van der Waals surface area contributed by atoms with Crippen LogP contribution in [0.1, 0.15) is 17.5 Å². The number of ether oxygens (including phenoxy) is 3. The Morgan fingerprint density at radius 1 is 1.14 bits per heavy atom. The van der Waals surface area contributed by atoms with E-state index in [1.807, 2.05) is 42.5 Å². The molecule has 1 N–H and O–H groups in total. The number of benzene rings is 2. The zero-order valence-corrected chi connectivity index (χ0v) is 16.6. The highest BCUT2D eigenvalue weighted by atomic mass is 16.5. The van der Waals surface area contributed by atoms with Crippen LogP contribution in [-0.4, -0.2) is 51.3 Å². The van der Waals surface area contributed by atoms with Gasteiger partial charge in [-0.25, -0.2) is 0 Å². The van der Waals surface area contributed by atoms with Gasteiger partial charge in [0.2, 0.25) is 5.91 Å². The Balaban J connectivity index is 1.51. The third-order valence-electron chi connectivity index (χ3n) is 4.80. The standard InChI is InChI=1S/C22H28N2O4/c1-26-19-9-7-17(8-10-19)11-12-23-21(25)16-24-13-4-14-28-22-18(15-24)5-3-6-20(22)27-2/h3,5-10H,4,11-16H2,1-2H3,(H,23,25). The Hall–Kier alpha value is -2.73. The Labute approximate surface area is 166 Å². The van der Waals surface area contributed by atoms with Crippen molar-refractivity contribution in [2.75, 3.05) is 40.5 Å². The third kappa shape index (κ3) is 5.39. The second kappa shape index (κ2) is 9.99. The van der Waals surface area contributed by atoms with Gasteiger partial charge in [-0.05, 0) is 36.6 Å². The van der Waals surface area contributed by atoms with Crippen LogP contribution in [0.3, 0.4) is 0 Å². The fraction of sp³-hybridized carbons (Fsp3) is 0.409. The largest absolute Gasteiger partial charge is 0.497 e. The van der Waals surface area contributed by atoms with Gasteiger partial charge in [-0.3, -0.25) is 9.69 Å². The van der Waals surface area contributed by atoms with Crippen molar-refractivity contribution < 1.29 is 19.0 Å².